The van der Waals surface area contributed by atoms with Crippen molar-refractivity contribution in [2.75, 3.05) is 6.61 Å². The van der Waals surface area contributed by atoms with Gasteiger partial charge in [0.15, 0.2) is 0 Å². The number of pyridine rings is 1. The summed E-state index contributed by atoms with van der Waals surface area (Å²) in [5.74, 6) is -0.718. The fourth-order valence-corrected chi connectivity index (χ4v) is 2.61. The molecule has 1 aromatic carbocycles. The lowest BCUT2D eigenvalue weighted by Crippen LogP contribution is -2.39. The lowest BCUT2D eigenvalue weighted by Gasteiger charge is -2.13. The Bertz CT molecular complexity index is 1070. The summed E-state index contributed by atoms with van der Waals surface area (Å²) in [6.07, 6.45) is 2.94. The number of rotatable bonds is 7. The first-order valence-electron chi connectivity index (χ1n) is 8.90. The molecule has 2 N–H and O–H groups in total. The first-order chi connectivity index (χ1) is 14.4. The SMILES string of the molecule is C[C@@H](CO)NC(=O)c1cc(-c2ccc(OC(F)F)cc2)nn(-c2cccnc2)c1=O. The van der Waals surface area contributed by atoms with Gasteiger partial charge in [-0.2, -0.15) is 18.6 Å². The van der Waals surface area contributed by atoms with Crippen molar-refractivity contribution in [3.63, 3.8) is 0 Å². The molecule has 0 unspecified atom stereocenters. The summed E-state index contributed by atoms with van der Waals surface area (Å²) < 4.78 is 30.1. The van der Waals surface area contributed by atoms with Gasteiger partial charge in [0.05, 0.1) is 24.2 Å². The molecule has 1 amide bonds. The van der Waals surface area contributed by atoms with Crippen LogP contribution in [0.3, 0.4) is 0 Å². The van der Waals surface area contributed by atoms with Crippen LogP contribution in [0.2, 0.25) is 0 Å². The third-order valence-corrected chi connectivity index (χ3v) is 4.07. The molecule has 8 nitrogen and oxygen atoms in total. The molecule has 30 heavy (non-hydrogen) atoms. The number of aromatic nitrogens is 3. The summed E-state index contributed by atoms with van der Waals surface area (Å²) in [4.78, 5) is 29.4. The molecule has 156 valence electrons. The summed E-state index contributed by atoms with van der Waals surface area (Å²) in [5, 5.41) is 16.0. The van der Waals surface area contributed by atoms with E-state index in [4.69, 9.17) is 5.11 Å². The Morgan fingerprint density at radius 1 is 1.27 bits per heavy atom. The number of amides is 1. The van der Waals surface area contributed by atoms with Gasteiger partial charge in [-0.25, -0.2) is 0 Å². The van der Waals surface area contributed by atoms with E-state index in [1.54, 1.807) is 19.1 Å². The Morgan fingerprint density at radius 3 is 2.60 bits per heavy atom. The first kappa shape index (κ1) is 21.1. The largest absolute Gasteiger partial charge is 0.435 e. The topological polar surface area (TPSA) is 106 Å². The Labute approximate surface area is 169 Å². The van der Waals surface area contributed by atoms with Gasteiger partial charge in [-0.3, -0.25) is 14.6 Å². The number of aliphatic hydroxyl groups is 1. The minimum atomic E-state index is -2.95. The molecule has 0 radical (unpaired) electrons. The smallest absolute Gasteiger partial charge is 0.387 e. The Hall–Kier alpha value is -3.66. The number of nitrogens with zero attached hydrogens (tertiary/aromatic N) is 3. The number of hydrogen-bond donors (Lipinski definition) is 2. The predicted octanol–water partition coefficient (Wildman–Crippen LogP) is 2.01. The van der Waals surface area contributed by atoms with Crippen LogP contribution in [0.4, 0.5) is 8.78 Å². The minimum absolute atomic E-state index is 0.0379. The minimum Gasteiger partial charge on any atom is -0.435 e. The number of alkyl halides is 2. The molecule has 0 aliphatic rings. The molecule has 0 fully saturated rings. The predicted molar refractivity (Wildman–Crippen MR) is 104 cm³/mol. The van der Waals surface area contributed by atoms with E-state index in [0.29, 0.717) is 11.3 Å². The van der Waals surface area contributed by atoms with Crippen LogP contribution >= 0.6 is 0 Å². The second-order valence-electron chi connectivity index (χ2n) is 6.33. The average molecular weight is 416 g/mol. The van der Waals surface area contributed by atoms with Gasteiger partial charge in [-0.1, -0.05) is 0 Å². The van der Waals surface area contributed by atoms with E-state index < -0.39 is 24.1 Å². The number of carbonyl (C=O) groups is 1. The quantitative estimate of drug-likeness (QED) is 0.610. The molecule has 2 aromatic heterocycles. The van der Waals surface area contributed by atoms with E-state index >= 15 is 0 Å². The van der Waals surface area contributed by atoms with Crippen LogP contribution in [0.5, 0.6) is 5.75 Å². The number of aliphatic hydroxyl groups excluding tert-OH is 1. The van der Waals surface area contributed by atoms with Gasteiger partial charge in [0.1, 0.15) is 11.3 Å². The van der Waals surface area contributed by atoms with Crippen LogP contribution in [-0.2, 0) is 0 Å². The fraction of sp³-hybridized carbons (Fsp3) is 0.200. The van der Waals surface area contributed by atoms with Crippen molar-refractivity contribution >= 4 is 5.91 Å². The van der Waals surface area contributed by atoms with E-state index in [-0.39, 0.29) is 23.6 Å². The van der Waals surface area contributed by atoms with Crippen molar-refractivity contribution in [3.8, 4) is 22.7 Å². The Kier molecular flexibility index (Phi) is 6.48. The summed E-state index contributed by atoms with van der Waals surface area (Å²) >= 11 is 0. The van der Waals surface area contributed by atoms with Crippen LogP contribution < -0.4 is 15.6 Å². The van der Waals surface area contributed by atoms with Crippen LogP contribution in [0.25, 0.3) is 16.9 Å². The number of nitrogens with one attached hydrogen (secondary N) is 1. The number of halogens is 2. The highest BCUT2D eigenvalue weighted by molar-refractivity contribution is 5.95. The zero-order valence-electron chi connectivity index (χ0n) is 15.8. The molecule has 0 aliphatic carbocycles. The Morgan fingerprint density at radius 2 is 2.00 bits per heavy atom. The molecule has 2 heterocycles. The standard InChI is InChI=1S/C20H18F2N4O4/c1-12(11-27)24-18(28)16-9-17(13-4-6-15(7-5-13)30-20(21)22)25-26(19(16)29)14-3-2-8-23-10-14/h2-10,12,20,27H,11H2,1H3,(H,24,28)/t12-/m0/s1. The zero-order chi connectivity index (χ0) is 21.7. The Balaban J connectivity index is 2.10. The van der Waals surface area contributed by atoms with E-state index in [1.165, 1.54) is 42.7 Å². The molecule has 1 atom stereocenters. The van der Waals surface area contributed by atoms with Crippen LogP contribution in [0, 0.1) is 0 Å². The van der Waals surface area contributed by atoms with Crippen molar-refractivity contribution in [1.29, 1.82) is 0 Å². The van der Waals surface area contributed by atoms with Gasteiger partial charge in [-0.15, -0.1) is 0 Å². The summed E-state index contributed by atoms with van der Waals surface area (Å²) in [6.45, 7) is -1.67. The van der Waals surface area contributed by atoms with Gasteiger partial charge in [0, 0.05) is 17.8 Å². The summed E-state index contributed by atoms with van der Waals surface area (Å²) in [7, 11) is 0. The molecular weight excluding hydrogens is 398 g/mol. The highest BCUT2D eigenvalue weighted by atomic mass is 19.3. The monoisotopic (exact) mass is 416 g/mol. The third-order valence-electron chi connectivity index (χ3n) is 4.07. The summed E-state index contributed by atoms with van der Waals surface area (Å²) in [5.41, 5.74) is 0.192. The lowest BCUT2D eigenvalue weighted by atomic mass is 10.1. The molecule has 3 aromatic rings. The average Bonchev–Trinajstić information content (AvgIpc) is 2.74. The molecule has 0 bridgehead atoms. The lowest BCUT2D eigenvalue weighted by molar-refractivity contribution is -0.0498. The second kappa shape index (κ2) is 9.23. The van der Waals surface area contributed by atoms with Gasteiger partial charge >= 0.3 is 6.61 Å². The maximum atomic E-state index is 12.9. The van der Waals surface area contributed by atoms with E-state index in [2.05, 4.69) is 20.1 Å². The summed E-state index contributed by atoms with van der Waals surface area (Å²) in [6, 6.07) is 9.57. The molecule has 10 heteroatoms. The van der Waals surface area contributed by atoms with E-state index in [1.807, 2.05) is 0 Å². The second-order valence-corrected chi connectivity index (χ2v) is 6.33. The van der Waals surface area contributed by atoms with Gasteiger partial charge in [0.2, 0.25) is 0 Å². The fourth-order valence-electron chi connectivity index (χ4n) is 2.61. The highest BCUT2D eigenvalue weighted by Gasteiger charge is 2.19. The van der Waals surface area contributed by atoms with Crippen LogP contribution in [0.1, 0.15) is 17.3 Å². The maximum absolute atomic E-state index is 12.9. The van der Waals surface area contributed by atoms with Crippen molar-refractivity contribution < 1.29 is 23.4 Å². The van der Waals surface area contributed by atoms with Crippen LogP contribution in [0.15, 0.2) is 59.7 Å². The van der Waals surface area contributed by atoms with Crippen molar-refractivity contribution in [2.45, 2.75) is 19.6 Å². The van der Waals surface area contributed by atoms with Crippen molar-refractivity contribution in [1.82, 2.24) is 20.1 Å². The van der Waals surface area contributed by atoms with Crippen molar-refractivity contribution in [2.24, 2.45) is 0 Å². The zero-order valence-corrected chi connectivity index (χ0v) is 15.8. The van der Waals surface area contributed by atoms with E-state index in [0.717, 1.165) is 4.68 Å². The maximum Gasteiger partial charge on any atom is 0.387 e. The molecule has 0 saturated heterocycles. The third kappa shape index (κ3) is 4.84. The molecular formula is C20H18F2N4O4. The number of carbonyl (C=O) groups excluding carboxylic acids is 1. The first-order valence-corrected chi connectivity index (χ1v) is 8.90. The van der Waals surface area contributed by atoms with E-state index in [9.17, 15) is 18.4 Å². The normalized spacial score (nSPS) is 11.9. The van der Waals surface area contributed by atoms with Gasteiger partial charge in [-0.05, 0) is 49.4 Å². The number of ether oxygens (including phenoxy) is 1. The van der Waals surface area contributed by atoms with Crippen molar-refractivity contribution in [3.05, 3.63) is 70.8 Å². The molecule has 0 spiro atoms. The van der Waals surface area contributed by atoms with Gasteiger partial charge < -0.3 is 15.2 Å². The molecule has 0 aliphatic heterocycles. The highest BCUT2D eigenvalue weighted by Crippen LogP contribution is 2.22. The van der Waals surface area contributed by atoms with Gasteiger partial charge in [0.25, 0.3) is 11.5 Å². The van der Waals surface area contributed by atoms with Crippen LogP contribution in [-0.4, -0.2) is 45.0 Å². The number of benzene rings is 1. The molecule has 0 saturated carbocycles. The number of hydrogen-bond acceptors (Lipinski definition) is 6. The molecule has 3 rings (SSSR count).